The van der Waals surface area contributed by atoms with Crippen LogP contribution in [0.3, 0.4) is 0 Å². The van der Waals surface area contributed by atoms with Crippen LogP contribution in [-0.2, 0) is 23.4 Å². The third-order valence-corrected chi connectivity index (χ3v) is 8.40. The number of aliphatic hydroxyl groups excluding tert-OH is 1. The van der Waals surface area contributed by atoms with Crippen LogP contribution in [-0.4, -0.2) is 78.4 Å². The number of carbonyl (C=O) groups excluding carboxylic acids is 1. The second-order valence-corrected chi connectivity index (χ2v) is 11.9. The van der Waals surface area contributed by atoms with Gasteiger partial charge in [0.05, 0.1) is 25.6 Å². The molecule has 6 atom stereocenters. The van der Waals surface area contributed by atoms with Gasteiger partial charge in [-0.2, -0.15) is 15.1 Å². The van der Waals surface area contributed by atoms with Crippen molar-refractivity contribution in [3.05, 3.63) is 36.7 Å². The summed E-state index contributed by atoms with van der Waals surface area (Å²) in [5.41, 5.74) is 3.18. The molecule has 0 radical (unpaired) electrons. The molecular formula is C25H33N6O9P. The smallest absolute Gasteiger partial charge is 0.459 e. The molecule has 5 rings (SSSR count). The van der Waals surface area contributed by atoms with Crippen molar-refractivity contribution < 1.29 is 42.8 Å². The first-order valence-corrected chi connectivity index (χ1v) is 14.6. The summed E-state index contributed by atoms with van der Waals surface area (Å²) in [6, 6.07) is 7.19. The lowest BCUT2D eigenvalue weighted by atomic mass is 10.1. The summed E-state index contributed by atoms with van der Waals surface area (Å²) in [6.07, 6.45) is -1.62. The highest BCUT2D eigenvalue weighted by Gasteiger charge is 2.80. The van der Waals surface area contributed by atoms with Crippen molar-refractivity contribution in [3.8, 4) is 11.6 Å². The Hall–Kier alpha value is -3.33. The first kappa shape index (κ1) is 29.2. The van der Waals surface area contributed by atoms with E-state index >= 15 is 0 Å². The maximum absolute atomic E-state index is 13.9. The fourth-order valence-electron chi connectivity index (χ4n) is 4.71. The fraction of sp³-hybridized carbons (Fsp3) is 0.520. The van der Waals surface area contributed by atoms with Gasteiger partial charge in [0.25, 0.3) is 0 Å². The standard InChI is InChI=1S/C25H33N6O9P/c1-5-36-20-17-19(28-23(26)29-20)31(13-27-17)21-18(32)25(34)11-24(25,39-21)12-37-41(35,40-16-9-7-6-8-10-16)30-15(4)22(33)38-14(2)3/h6-10,13-15,18,21,32,34H,5,11-12H2,1-4H3,(H,30,35)(H2,26,28,29)/t15-,18+,21?,24-,25+,41?/m1/s1. The van der Waals surface area contributed by atoms with E-state index in [4.69, 9.17) is 29.0 Å². The number of hydrogen-bond acceptors (Lipinski definition) is 13. The molecule has 3 heterocycles. The van der Waals surface area contributed by atoms with Crippen LogP contribution >= 0.6 is 7.75 Å². The molecule has 1 aromatic carbocycles. The van der Waals surface area contributed by atoms with Crippen molar-refractivity contribution in [1.29, 1.82) is 0 Å². The van der Waals surface area contributed by atoms with Gasteiger partial charge < -0.3 is 34.7 Å². The van der Waals surface area contributed by atoms with Crippen LogP contribution in [0.5, 0.6) is 11.6 Å². The molecule has 3 aromatic rings. The van der Waals surface area contributed by atoms with E-state index in [2.05, 4.69) is 20.0 Å². The maximum Gasteiger partial charge on any atom is 0.459 e. The molecule has 1 saturated heterocycles. The summed E-state index contributed by atoms with van der Waals surface area (Å²) in [5, 5.41) is 25.0. The number of esters is 1. The highest BCUT2D eigenvalue weighted by Crippen LogP contribution is 2.64. The van der Waals surface area contributed by atoms with Gasteiger partial charge in [0.1, 0.15) is 29.1 Å². The summed E-state index contributed by atoms with van der Waals surface area (Å²) in [5.74, 6) is -0.353. The maximum atomic E-state index is 13.9. The van der Waals surface area contributed by atoms with Crippen LogP contribution in [0.4, 0.5) is 5.95 Å². The van der Waals surface area contributed by atoms with E-state index in [0.29, 0.717) is 12.1 Å². The number of ether oxygens (including phenoxy) is 3. The highest BCUT2D eigenvalue weighted by atomic mass is 31.2. The highest BCUT2D eigenvalue weighted by molar-refractivity contribution is 7.52. The number of aromatic nitrogens is 4. The fourth-order valence-corrected chi connectivity index (χ4v) is 6.25. The summed E-state index contributed by atoms with van der Waals surface area (Å²) in [7, 11) is -4.25. The second-order valence-electron chi connectivity index (χ2n) is 10.2. The largest absolute Gasteiger partial charge is 0.476 e. The van der Waals surface area contributed by atoms with Crippen molar-refractivity contribution in [2.45, 2.75) is 69.8 Å². The molecule has 15 nitrogen and oxygen atoms in total. The molecule has 222 valence electrons. The Morgan fingerprint density at radius 2 is 2.02 bits per heavy atom. The summed E-state index contributed by atoms with van der Waals surface area (Å²) < 4.78 is 43.6. The lowest BCUT2D eigenvalue weighted by Gasteiger charge is -2.25. The van der Waals surface area contributed by atoms with Crippen molar-refractivity contribution in [3.63, 3.8) is 0 Å². The number of anilines is 1. The van der Waals surface area contributed by atoms with Crippen LogP contribution in [0.2, 0.25) is 0 Å². The van der Waals surface area contributed by atoms with E-state index in [1.54, 1.807) is 51.1 Å². The SMILES string of the molecule is CCOc1nc(N)nc2c1ncn2C1O[C@@]2(COP(=O)(N[C@H](C)C(=O)OC(C)C)Oc3ccccc3)C[C@]2(O)[C@H]1O. The molecule has 0 bridgehead atoms. The Labute approximate surface area is 235 Å². The van der Waals surface area contributed by atoms with Crippen molar-refractivity contribution >= 4 is 30.8 Å². The molecule has 16 heteroatoms. The molecule has 2 fully saturated rings. The predicted molar refractivity (Wildman–Crippen MR) is 144 cm³/mol. The normalized spacial score (nSPS) is 27.3. The lowest BCUT2D eigenvalue weighted by Crippen LogP contribution is -2.38. The van der Waals surface area contributed by atoms with E-state index in [1.807, 2.05) is 0 Å². The molecule has 41 heavy (non-hydrogen) atoms. The van der Waals surface area contributed by atoms with Gasteiger partial charge in [-0.15, -0.1) is 0 Å². The lowest BCUT2D eigenvalue weighted by molar-refractivity contribution is -0.149. The number of nitrogens with one attached hydrogen (secondary N) is 1. The zero-order valence-corrected chi connectivity index (χ0v) is 23.9. The summed E-state index contributed by atoms with van der Waals surface area (Å²) in [6.45, 7) is 6.48. The van der Waals surface area contributed by atoms with Gasteiger partial charge >= 0.3 is 13.7 Å². The molecule has 2 aromatic heterocycles. The Balaban J connectivity index is 1.38. The van der Waals surface area contributed by atoms with Gasteiger partial charge in [0, 0.05) is 6.42 Å². The number of nitrogens with two attached hydrogens (primary N) is 1. The Kier molecular flexibility index (Phi) is 7.70. The van der Waals surface area contributed by atoms with Gasteiger partial charge in [0.2, 0.25) is 11.8 Å². The van der Waals surface area contributed by atoms with E-state index < -0.39 is 56.0 Å². The number of nitrogen functional groups attached to an aromatic ring is 1. The molecular weight excluding hydrogens is 559 g/mol. The van der Waals surface area contributed by atoms with Gasteiger partial charge in [-0.25, -0.2) is 9.55 Å². The number of carbonyl (C=O) groups is 1. The van der Waals surface area contributed by atoms with Gasteiger partial charge in [-0.3, -0.25) is 13.9 Å². The molecule has 0 amide bonds. The average molecular weight is 593 g/mol. The van der Waals surface area contributed by atoms with Crippen molar-refractivity contribution in [1.82, 2.24) is 24.6 Å². The van der Waals surface area contributed by atoms with E-state index in [9.17, 15) is 19.6 Å². The van der Waals surface area contributed by atoms with E-state index in [0.717, 1.165) is 0 Å². The molecule has 1 aliphatic heterocycles. The quantitative estimate of drug-likeness (QED) is 0.175. The number of nitrogens with zero attached hydrogens (tertiary/aromatic N) is 4. The minimum atomic E-state index is -4.25. The number of benzene rings is 1. The van der Waals surface area contributed by atoms with Crippen LogP contribution in [0.15, 0.2) is 36.7 Å². The number of fused-ring (bicyclic) bond motifs is 2. The van der Waals surface area contributed by atoms with Gasteiger partial charge in [-0.1, -0.05) is 18.2 Å². The zero-order chi connectivity index (χ0) is 29.6. The third-order valence-electron chi connectivity index (χ3n) is 6.78. The van der Waals surface area contributed by atoms with Gasteiger partial charge in [-0.05, 0) is 39.8 Å². The zero-order valence-electron chi connectivity index (χ0n) is 23.0. The monoisotopic (exact) mass is 592 g/mol. The average Bonchev–Trinajstić information content (AvgIpc) is 3.17. The molecule has 2 aliphatic rings. The predicted octanol–water partition coefficient (Wildman–Crippen LogP) is 1.70. The van der Waals surface area contributed by atoms with E-state index in [-0.39, 0.29) is 29.6 Å². The third kappa shape index (κ3) is 5.48. The molecule has 1 aliphatic carbocycles. The number of hydrogen-bond donors (Lipinski definition) is 4. The first-order valence-electron chi connectivity index (χ1n) is 13.1. The Bertz CT molecular complexity index is 1470. The molecule has 1 saturated carbocycles. The van der Waals surface area contributed by atoms with Crippen LogP contribution in [0.25, 0.3) is 11.2 Å². The number of aliphatic hydroxyl groups is 2. The van der Waals surface area contributed by atoms with Crippen molar-refractivity contribution in [2.24, 2.45) is 0 Å². The topological polar surface area (TPSA) is 202 Å². The Morgan fingerprint density at radius 3 is 2.71 bits per heavy atom. The Morgan fingerprint density at radius 1 is 1.29 bits per heavy atom. The second kappa shape index (κ2) is 10.8. The minimum Gasteiger partial charge on any atom is -0.476 e. The number of rotatable bonds is 12. The van der Waals surface area contributed by atoms with Crippen LogP contribution < -0.4 is 20.1 Å². The van der Waals surface area contributed by atoms with Crippen LogP contribution in [0.1, 0.15) is 40.3 Å². The summed E-state index contributed by atoms with van der Waals surface area (Å²) in [4.78, 5) is 25.0. The molecule has 5 N–H and O–H groups in total. The van der Waals surface area contributed by atoms with Gasteiger partial charge in [0.15, 0.2) is 17.4 Å². The first-order chi connectivity index (χ1) is 19.4. The van der Waals surface area contributed by atoms with Crippen molar-refractivity contribution in [2.75, 3.05) is 18.9 Å². The molecule has 0 spiro atoms. The number of imidazole rings is 1. The summed E-state index contributed by atoms with van der Waals surface area (Å²) >= 11 is 0. The minimum absolute atomic E-state index is 0.0120. The molecule has 2 unspecified atom stereocenters. The number of para-hydroxylation sites is 1. The van der Waals surface area contributed by atoms with Crippen LogP contribution in [0, 0.1) is 0 Å². The van der Waals surface area contributed by atoms with E-state index in [1.165, 1.54) is 17.8 Å².